The summed E-state index contributed by atoms with van der Waals surface area (Å²) in [6.07, 6.45) is 5.55. The summed E-state index contributed by atoms with van der Waals surface area (Å²) >= 11 is 4.97. The third kappa shape index (κ3) is 3.01. The van der Waals surface area contributed by atoms with Crippen LogP contribution in [0.2, 0.25) is 0 Å². The van der Waals surface area contributed by atoms with Crippen LogP contribution in [-0.4, -0.2) is 28.0 Å². The Bertz CT molecular complexity index is 864. The standard InChI is InChI=1S/C16H15BrFN4OS/c17-11-4-5-13-14(8-11)24-16(21-13)23-22(6-2-1-3-7-22)15-19-9-12(18)10-20-15/h4-5,8-10H,1-3,6-7H2/q+1. The zero-order valence-electron chi connectivity index (χ0n) is 12.8. The molecule has 0 radical (unpaired) electrons. The van der Waals surface area contributed by atoms with Gasteiger partial charge in [-0.3, -0.25) is 4.84 Å². The Morgan fingerprint density at radius 2 is 1.88 bits per heavy atom. The molecule has 0 spiro atoms. The molecule has 1 aromatic carbocycles. The molecule has 1 aliphatic rings. The average Bonchev–Trinajstić information content (AvgIpc) is 2.97. The summed E-state index contributed by atoms with van der Waals surface area (Å²) in [6.45, 7) is 1.51. The van der Waals surface area contributed by atoms with Gasteiger partial charge in [0.15, 0.2) is 5.82 Å². The van der Waals surface area contributed by atoms with Crippen LogP contribution in [0.1, 0.15) is 19.3 Å². The molecule has 0 atom stereocenters. The van der Waals surface area contributed by atoms with Crippen LogP contribution in [0, 0.1) is 5.82 Å². The van der Waals surface area contributed by atoms with Crippen LogP contribution in [0.15, 0.2) is 35.1 Å². The van der Waals surface area contributed by atoms with Gasteiger partial charge in [0.25, 0.3) is 0 Å². The van der Waals surface area contributed by atoms with Crippen molar-refractivity contribution in [3.8, 4) is 5.19 Å². The number of nitrogens with zero attached hydrogens (tertiary/aromatic N) is 4. The summed E-state index contributed by atoms with van der Waals surface area (Å²) < 4.78 is 15.4. The maximum absolute atomic E-state index is 13.2. The van der Waals surface area contributed by atoms with Gasteiger partial charge in [0, 0.05) is 17.3 Å². The Morgan fingerprint density at radius 1 is 1.12 bits per heavy atom. The van der Waals surface area contributed by atoms with Gasteiger partial charge >= 0.3 is 11.1 Å². The number of quaternary nitrogens is 1. The molecule has 0 unspecified atom stereocenters. The Labute approximate surface area is 150 Å². The van der Waals surface area contributed by atoms with Gasteiger partial charge in [-0.1, -0.05) is 31.9 Å². The SMILES string of the molecule is Fc1cnc([N+]2(Oc3nc4ccc(Br)cc4s3)CCCCC2)nc1. The molecule has 3 heterocycles. The molecule has 0 bridgehead atoms. The summed E-state index contributed by atoms with van der Waals surface area (Å²) in [6, 6.07) is 5.94. The molecular weight excluding hydrogens is 395 g/mol. The van der Waals surface area contributed by atoms with Crippen LogP contribution in [0.5, 0.6) is 5.19 Å². The van der Waals surface area contributed by atoms with Crippen molar-refractivity contribution in [1.82, 2.24) is 19.6 Å². The van der Waals surface area contributed by atoms with Crippen LogP contribution < -0.4 is 9.48 Å². The molecule has 4 rings (SSSR count). The highest BCUT2D eigenvalue weighted by molar-refractivity contribution is 9.10. The molecule has 2 aromatic heterocycles. The molecule has 3 aromatic rings. The maximum atomic E-state index is 13.2. The second-order valence-electron chi connectivity index (χ2n) is 5.78. The van der Waals surface area contributed by atoms with Gasteiger partial charge in [-0.25, -0.2) is 4.39 Å². The lowest BCUT2D eigenvalue weighted by Crippen LogP contribution is -2.56. The molecule has 5 nitrogen and oxygen atoms in total. The Morgan fingerprint density at radius 3 is 2.62 bits per heavy atom. The molecule has 24 heavy (non-hydrogen) atoms. The van der Waals surface area contributed by atoms with Gasteiger partial charge in [0.1, 0.15) is 13.1 Å². The number of rotatable bonds is 3. The van der Waals surface area contributed by atoms with Crippen LogP contribution in [-0.2, 0) is 0 Å². The van der Waals surface area contributed by atoms with Crippen molar-refractivity contribution in [2.75, 3.05) is 13.1 Å². The van der Waals surface area contributed by atoms with E-state index in [1.807, 2.05) is 18.2 Å². The van der Waals surface area contributed by atoms with Crippen molar-refractivity contribution in [3.63, 3.8) is 0 Å². The van der Waals surface area contributed by atoms with Gasteiger partial charge in [-0.2, -0.15) is 15.0 Å². The zero-order chi connectivity index (χ0) is 16.6. The maximum Gasteiger partial charge on any atom is 0.371 e. The fourth-order valence-electron chi connectivity index (χ4n) is 2.94. The van der Waals surface area contributed by atoms with Gasteiger partial charge in [-0.15, -0.1) is 0 Å². The van der Waals surface area contributed by atoms with E-state index < -0.39 is 5.82 Å². The number of hydrogen-bond donors (Lipinski definition) is 0. The van der Waals surface area contributed by atoms with E-state index in [4.69, 9.17) is 4.84 Å². The molecule has 0 saturated carbocycles. The fraction of sp³-hybridized carbons (Fsp3) is 0.312. The first-order valence-corrected chi connectivity index (χ1v) is 9.36. The summed E-state index contributed by atoms with van der Waals surface area (Å²) in [5.74, 6) is 0.0373. The van der Waals surface area contributed by atoms with Crippen molar-refractivity contribution in [2.45, 2.75) is 19.3 Å². The number of halogens is 2. The van der Waals surface area contributed by atoms with Crippen molar-refractivity contribution >= 4 is 43.4 Å². The van der Waals surface area contributed by atoms with E-state index >= 15 is 0 Å². The third-order valence-corrected chi connectivity index (χ3v) is 5.47. The highest BCUT2D eigenvalue weighted by Crippen LogP contribution is 2.34. The number of aromatic nitrogens is 3. The first-order chi connectivity index (χ1) is 11.6. The molecule has 124 valence electrons. The van der Waals surface area contributed by atoms with E-state index in [-0.39, 0.29) is 4.65 Å². The number of hydrogen-bond acceptors (Lipinski definition) is 5. The van der Waals surface area contributed by atoms with E-state index in [9.17, 15) is 4.39 Å². The molecule has 1 saturated heterocycles. The second-order valence-corrected chi connectivity index (χ2v) is 7.69. The Kier molecular flexibility index (Phi) is 4.19. The zero-order valence-corrected chi connectivity index (χ0v) is 15.2. The molecule has 0 N–H and O–H groups in total. The van der Waals surface area contributed by atoms with Crippen LogP contribution in [0.25, 0.3) is 10.2 Å². The Hall–Kier alpha value is -1.64. The minimum Gasteiger partial charge on any atom is -0.275 e. The van der Waals surface area contributed by atoms with Crippen molar-refractivity contribution in [3.05, 3.63) is 40.9 Å². The van der Waals surface area contributed by atoms with E-state index in [1.54, 1.807) is 0 Å². The molecule has 1 aliphatic heterocycles. The summed E-state index contributed by atoms with van der Waals surface area (Å²) in [7, 11) is 0. The number of hydroxylamine groups is 2. The molecule has 0 aliphatic carbocycles. The quantitative estimate of drug-likeness (QED) is 0.598. The smallest absolute Gasteiger partial charge is 0.275 e. The monoisotopic (exact) mass is 409 g/mol. The van der Waals surface area contributed by atoms with E-state index in [0.717, 1.165) is 47.0 Å². The lowest BCUT2D eigenvalue weighted by Gasteiger charge is -2.34. The van der Waals surface area contributed by atoms with Crippen LogP contribution in [0.3, 0.4) is 0 Å². The molecule has 8 heteroatoms. The largest absolute Gasteiger partial charge is 0.371 e. The van der Waals surface area contributed by atoms with E-state index in [2.05, 4.69) is 30.9 Å². The topological polar surface area (TPSA) is 47.9 Å². The van der Waals surface area contributed by atoms with Gasteiger partial charge in [0.05, 0.1) is 22.6 Å². The average molecular weight is 410 g/mol. The predicted octanol–water partition coefficient (Wildman–Crippen LogP) is 4.47. The lowest BCUT2D eigenvalue weighted by atomic mass is 10.1. The first kappa shape index (κ1) is 15.9. The van der Waals surface area contributed by atoms with Gasteiger partial charge in [-0.05, 0) is 24.6 Å². The Balaban J connectivity index is 1.71. The van der Waals surface area contributed by atoms with E-state index in [1.165, 1.54) is 23.7 Å². The van der Waals surface area contributed by atoms with Crippen molar-refractivity contribution in [2.24, 2.45) is 0 Å². The molecule has 1 fully saturated rings. The fourth-order valence-corrected chi connectivity index (χ4v) is 4.37. The third-order valence-electron chi connectivity index (χ3n) is 4.09. The van der Waals surface area contributed by atoms with Crippen molar-refractivity contribution in [1.29, 1.82) is 0 Å². The second kappa shape index (κ2) is 6.34. The molecular formula is C16H15BrFN4OS+. The van der Waals surface area contributed by atoms with Crippen molar-refractivity contribution < 1.29 is 9.23 Å². The minimum absolute atomic E-state index is 0.168. The first-order valence-electron chi connectivity index (χ1n) is 7.76. The summed E-state index contributed by atoms with van der Waals surface area (Å²) in [4.78, 5) is 19.2. The van der Waals surface area contributed by atoms with Gasteiger partial charge in [0.2, 0.25) is 0 Å². The number of piperidine rings is 1. The summed E-state index contributed by atoms with van der Waals surface area (Å²) in [5.41, 5.74) is 0.897. The van der Waals surface area contributed by atoms with Gasteiger partial charge < -0.3 is 0 Å². The normalized spacial score (nSPS) is 17.1. The highest BCUT2D eigenvalue weighted by atomic mass is 79.9. The number of benzene rings is 1. The van der Waals surface area contributed by atoms with E-state index in [0.29, 0.717) is 11.1 Å². The minimum atomic E-state index is -0.446. The predicted molar refractivity (Wildman–Crippen MR) is 95.3 cm³/mol. The summed E-state index contributed by atoms with van der Waals surface area (Å²) in [5, 5.41) is 0.581. The lowest BCUT2D eigenvalue weighted by molar-refractivity contribution is -0.0687. The highest BCUT2D eigenvalue weighted by Gasteiger charge is 2.40. The molecule has 0 amide bonds. The van der Waals surface area contributed by atoms with Crippen LogP contribution in [0.4, 0.5) is 10.3 Å². The van der Waals surface area contributed by atoms with Crippen LogP contribution >= 0.6 is 27.3 Å². The number of fused-ring (bicyclic) bond motifs is 1. The number of thiazole rings is 1.